The normalized spacial score (nSPS) is 32.4. The maximum atomic E-state index is 11.2. The van der Waals surface area contributed by atoms with Crippen LogP contribution in [0.25, 0.3) is 0 Å². The van der Waals surface area contributed by atoms with Gasteiger partial charge in [0.15, 0.2) is 11.3 Å². The summed E-state index contributed by atoms with van der Waals surface area (Å²) in [5.41, 5.74) is -0.593. The lowest BCUT2D eigenvalue weighted by Gasteiger charge is -2.41. The van der Waals surface area contributed by atoms with Gasteiger partial charge in [0.25, 0.3) is 0 Å². The second kappa shape index (κ2) is 7.62. The minimum Gasteiger partial charge on any atom is -0.394 e. The van der Waals surface area contributed by atoms with Gasteiger partial charge in [-0.05, 0) is 33.0 Å². The predicted octanol–water partition coefficient (Wildman–Crippen LogP) is -1.99. The number of ether oxygens (including phenoxy) is 1. The fraction of sp³-hybridized carbons (Fsp3) is 0.846. The van der Waals surface area contributed by atoms with Crippen molar-refractivity contribution in [2.75, 3.05) is 6.61 Å². The van der Waals surface area contributed by atoms with Gasteiger partial charge in [0.1, 0.15) is 30.2 Å². The number of rotatable bonds is 5. The van der Waals surface area contributed by atoms with E-state index in [0.717, 1.165) is 0 Å². The fourth-order valence-electron chi connectivity index (χ4n) is 2.36. The molecular weight excluding hydrogens is 312 g/mol. The molecule has 0 aromatic carbocycles. The third kappa shape index (κ3) is 5.11. The molecule has 22 heavy (non-hydrogen) atoms. The SMILES string of the molecule is CC(=O)CC(C)(C)NC(=S)N[C@@H]1O[C@H](CO)[C@@H](O)[C@H](O)[C@H]1O. The summed E-state index contributed by atoms with van der Waals surface area (Å²) in [5, 5.41) is 44.1. The molecule has 0 unspecified atom stereocenters. The van der Waals surface area contributed by atoms with E-state index in [9.17, 15) is 20.1 Å². The van der Waals surface area contributed by atoms with E-state index < -0.39 is 42.8 Å². The molecule has 1 heterocycles. The van der Waals surface area contributed by atoms with Crippen molar-refractivity contribution >= 4 is 23.1 Å². The van der Waals surface area contributed by atoms with E-state index in [1.807, 2.05) is 0 Å². The first-order valence-corrected chi connectivity index (χ1v) is 7.37. The summed E-state index contributed by atoms with van der Waals surface area (Å²) in [5.74, 6) is -0.00635. The van der Waals surface area contributed by atoms with Crippen LogP contribution in [0.4, 0.5) is 0 Å². The number of nitrogens with one attached hydrogen (secondary N) is 2. The maximum Gasteiger partial charge on any atom is 0.168 e. The van der Waals surface area contributed by atoms with Crippen LogP contribution >= 0.6 is 12.2 Å². The Morgan fingerprint density at radius 2 is 1.82 bits per heavy atom. The molecule has 0 bridgehead atoms. The van der Waals surface area contributed by atoms with Gasteiger partial charge in [-0.15, -0.1) is 0 Å². The number of carbonyl (C=O) groups is 1. The Morgan fingerprint density at radius 3 is 2.32 bits per heavy atom. The molecule has 5 atom stereocenters. The highest BCUT2D eigenvalue weighted by Crippen LogP contribution is 2.19. The van der Waals surface area contributed by atoms with E-state index >= 15 is 0 Å². The van der Waals surface area contributed by atoms with Crippen molar-refractivity contribution in [2.45, 2.75) is 63.4 Å². The van der Waals surface area contributed by atoms with Crippen molar-refractivity contribution in [3.05, 3.63) is 0 Å². The zero-order chi connectivity index (χ0) is 17.1. The third-order valence-electron chi connectivity index (χ3n) is 3.31. The van der Waals surface area contributed by atoms with E-state index in [1.165, 1.54) is 6.92 Å². The van der Waals surface area contributed by atoms with Gasteiger partial charge in [-0.25, -0.2) is 0 Å². The summed E-state index contributed by atoms with van der Waals surface area (Å²) < 4.78 is 5.28. The molecule has 0 aliphatic carbocycles. The average molecular weight is 336 g/mol. The molecule has 1 aliphatic heterocycles. The number of Topliss-reactive ketones (excluding diaryl/α,β-unsaturated/α-hetero) is 1. The molecular formula is C13H24N2O6S. The van der Waals surface area contributed by atoms with Crippen LogP contribution in [0, 0.1) is 0 Å². The minimum atomic E-state index is -1.48. The molecule has 1 rings (SSSR count). The molecule has 1 aliphatic rings. The summed E-state index contributed by atoms with van der Waals surface area (Å²) in [4.78, 5) is 11.2. The molecule has 0 amide bonds. The molecule has 0 saturated carbocycles. The largest absolute Gasteiger partial charge is 0.394 e. The summed E-state index contributed by atoms with van der Waals surface area (Å²) >= 11 is 5.10. The molecule has 128 valence electrons. The lowest BCUT2D eigenvalue weighted by atomic mass is 9.98. The minimum absolute atomic E-state index is 0.00635. The van der Waals surface area contributed by atoms with Crippen LogP contribution in [0.3, 0.4) is 0 Å². The topological polar surface area (TPSA) is 131 Å². The fourth-order valence-corrected chi connectivity index (χ4v) is 2.75. The monoisotopic (exact) mass is 336 g/mol. The molecule has 1 fully saturated rings. The van der Waals surface area contributed by atoms with Crippen molar-refractivity contribution in [1.82, 2.24) is 10.6 Å². The number of thiocarbonyl (C=S) groups is 1. The van der Waals surface area contributed by atoms with Gasteiger partial charge in [-0.3, -0.25) is 4.79 Å². The zero-order valence-electron chi connectivity index (χ0n) is 12.8. The summed E-state index contributed by atoms with van der Waals surface area (Å²) in [6.07, 6.45) is -6.17. The van der Waals surface area contributed by atoms with Gasteiger partial charge in [-0.1, -0.05) is 0 Å². The van der Waals surface area contributed by atoms with E-state index in [0.29, 0.717) is 0 Å². The number of hydrogen-bond acceptors (Lipinski definition) is 7. The Morgan fingerprint density at radius 1 is 1.23 bits per heavy atom. The Balaban J connectivity index is 2.65. The first-order chi connectivity index (χ1) is 10.1. The first-order valence-electron chi connectivity index (χ1n) is 6.96. The van der Waals surface area contributed by atoms with Crippen molar-refractivity contribution in [2.24, 2.45) is 0 Å². The smallest absolute Gasteiger partial charge is 0.168 e. The highest BCUT2D eigenvalue weighted by molar-refractivity contribution is 7.80. The van der Waals surface area contributed by atoms with Crippen LogP contribution in [-0.4, -0.2) is 74.1 Å². The highest BCUT2D eigenvalue weighted by Gasteiger charge is 2.43. The van der Waals surface area contributed by atoms with Crippen LogP contribution in [0.2, 0.25) is 0 Å². The van der Waals surface area contributed by atoms with Gasteiger partial charge in [0.05, 0.1) is 6.61 Å². The Bertz CT molecular complexity index is 417. The van der Waals surface area contributed by atoms with Crippen LogP contribution in [0.15, 0.2) is 0 Å². The molecule has 1 saturated heterocycles. The van der Waals surface area contributed by atoms with Crippen LogP contribution in [0.1, 0.15) is 27.2 Å². The molecule has 0 aromatic heterocycles. The Kier molecular flexibility index (Phi) is 6.65. The molecule has 8 nitrogen and oxygen atoms in total. The predicted molar refractivity (Wildman–Crippen MR) is 82.0 cm³/mol. The second-order valence-corrected chi connectivity index (χ2v) is 6.52. The van der Waals surface area contributed by atoms with E-state index in [-0.39, 0.29) is 17.3 Å². The summed E-state index contributed by atoms with van der Waals surface area (Å²) in [6, 6.07) is 0. The zero-order valence-corrected chi connectivity index (χ0v) is 13.6. The highest BCUT2D eigenvalue weighted by atomic mass is 32.1. The third-order valence-corrected chi connectivity index (χ3v) is 3.53. The lowest BCUT2D eigenvalue weighted by Crippen LogP contribution is -2.64. The molecule has 0 spiro atoms. The van der Waals surface area contributed by atoms with Gasteiger partial charge in [0, 0.05) is 12.0 Å². The first kappa shape index (κ1) is 19.2. The second-order valence-electron chi connectivity index (χ2n) is 6.11. The molecule has 6 N–H and O–H groups in total. The van der Waals surface area contributed by atoms with Gasteiger partial charge in [-0.2, -0.15) is 0 Å². The van der Waals surface area contributed by atoms with Gasteiger partial charge in [0.2, 0.25) is 0 Å². The molecule has 0 aromatic rings. The van der Waals surface area contributed by atoms with Crippen LogP contribution in [-0.2, 0) is 9.53 Å². The van der Waals surface area contributed by atoms with E-state index in [2.05, 4.69) is 10.6 Å². The van der Waals surface area contributed by atoms with Crippen LogP contribution in [0.5, 0.6) is 0 Å². The van der Waals surface area contributed by atoms with Crippen LogP contribution < -0.4 is 10.6 Å². The quantitative estimate of drug-likeness (QED) is 0.316. The van der Waals surface area contributed by atoms with Crippen molar-refractivity contribution < 1.29 is 30.0 Å². The maximum absolute atomic E-state index is 11.2. The Hall–Kier alpha value is -0.840. The number of ketones is 1. The van der Waals surface area contributed by atoms with Crippen molar-refractivity contribution in [3.63, 3.8) is 0 Å². The van der Waals surface area contributed by atoms with E-state index in [1.54, 1.807) is 13.8 Å². The van der Waals surface area contributed by atoms with Crippen molar-refractivity contribution in [3.8, 4) is 0 Å². The van der Waals surface area contributed by atoms with E-state index in [4.69, 9.17) is 22.1 Å². The van der Waals surface area contributed by atoms with Crippen molar-refractivity contribution in [1.29, 1.82) is 0 Å². The number of hydrogen-bond donors (Lipinski definition) is 6. The van der Waals surface area contributed by atoms with Gasteiger partial charge < -0.3 is 35.8 Å². The Labute approximate surface area is 134 Å². The number of aliphatic hydroxyl groups is 4. The molecule has 9 heteroatoms. The summed E-state index contributed by atoms with van der Waals surface area (Å²) in [6.45, 7) is 4.53. The number of aliphatic hydroxyl groups excluding tert-OH is 4. The number of carbonyl (C=O) groups excluding carboxylic acids is 1. The lowest BCUT2D eigenvalue weighted by molar-refractivity contribution is -0.232. The average Bonchev–Trinajstić information content (AvgIpc) is 2.37. The summed E-state index contributed by atoms with van der Waals surface area (Å²) in [7, 11) is 0. The standard InChI is InChI=1S/C13H24N2O6S/c1-6(17)4-13(2,3)15-12(22)14-11-10(20)9(19)8(18)7(5-16)21-11/h7-11,16,18-20H,4-5H2,1-3H3,(H2,14,15,22)/t7-,8-,9+,10-,11-/m1/s1. The van der Waals surface area contributed by atoms with Gasteiger partial charge >= 0.3 is 0 Å². The molecule has 0 radical (unpaired) electrons.